The summed E-state index contributed by atoms with van der Waals surface area (Å²) in [7, 11) is 0. The van der Waals surface area contributed by atoms with Crippen molar-refractivity contribution in [2.45, 2.75) is 131 Å². The highest BCUT2D eigenvalue weighted by atomic mass is 16.6. The highest BCUT2D eigenvalue weighted by molar-refractivity contribution is 5.92. The minimum absolute atomic E-state index is 0.0127. The lowest BCUT2D eigenvalue weighted by Gasteiger charge is -2.37. The van der Waals surface area contributed by atoms with Gasteiger partial charge in [0.15, 0.2) is 0 Å². The van der Waals surface area contributed by atoms with Crippen LogP contribution in [0.5, 0.6) is 0 Å². The molecule has 0 fully saturated rings. The minimum Gasteiger partial charge on any atom is -0.444 e. The second kappa shape index (κ2) is 16.4. The quantitative estimate of drug-likeness (QED) is 0.247. The van der Waals surface area contributed by atoms with Gasteiger partial charge in [-0.3, -0.25) is 9.59 Å². The zero-order valence-corrected chi connectivity index (χ0v) is 25.4. The van der Waals surface area contributed by atoms with Crippen LogP contribution in [0.3, 0.4) is 0 Å². The van der Waals surface area contributed by atoms with Crippen molar-refractivity contribution in [3.63, 3.8) is 0 Å². The average Bonchev–Trinajstić information content (AvgIpc) is 2.83. The standard InChI is InChI=1S/C31H53N3O4/c1-10-13-14-17-21-34(29(36)26(22(4)12-3)33-30(37)38-31(7,8)9)27(25-20-16-15-19-23(25)5)28(35)32-24(6)18-11-2/h15-16,19-20,22,24,26-27H,10-14,17-18,21H2,1-9H3,(H,32,35)(H,33,37). The molecule has 1 rings (SSSR count). The monoisotopic (exact) mass is 531 g/mol. The molecule has 4 unspecified atom stereocenters. The minimum atomic E-state index is -0.812. The molecule has 3 amide bonds. The lowest BCUT2D eigenvalue weighted by Crippen LogP contribution is -2.56. The van der Waals surface area contributed by atoms with Gasteiger partial charge >= 0.3 is 6.09 Å². The lowest BCUT2D eigenvalue weighted by atomic mass is 9.94. The van der Waals surface area contributed by atoms with Gasteiger partial charge in [0.2, 0.25) is 11.8 Å². The Morgan fingerprint density at radius 2 is 1.61 bits per heavy atom. The van der Waals surface area contributed by atoms with Crippen molar-refractivity contribution in [3.8, 4) is 0 Å². The molecule has 7 heteroatoms. The van der Waals surface area contributed by atoms with Gasteiger partial charge < -0.3 is 20.3 Å². The van der Waals surface area contributed by atoms with Crippen LogP contribution in [-0.4, -0.2) is 47.0 Å². The first-order valence-corrected chi connectivity index (χ1v) is 14.5. The molecule has 0 saturated heterocycles. The molecule has 0 aliphatic heterocycles. The van der Waals surface area contributed by atoms with Crippen LogP contribution >= 0.6 is 0 Å². The first kappa shape index (κ1) is 33.5. The van der Waals surface area contributed by atoms with E-state index in [1.807, 2.05) is 52.0 Å². The lowest BCUT2D eigenvalue weighted by molar-refractivity contribution is -0.143. The Morgan fingerprint density at radius 1 is 0.947 bits per heavy atom. The Morgan fingerprint density at radius 3 is 2.16 bits per heavy atom. The van der Waals surface area contributed by atoms with Crippen LogP contribution < -0.4 is 10.6 Å². The van der Waals surface area contributed by atoms with Crippen LogP contribution in [-0.2, 0) is 14.3 Å². The maximum absolute atomic E-state index is 14.3. The van der Waals surface area contributed by atoms with Crippen LogP contribution in [0.2, 0.25) is 0 Å². The number of rotatable bonds is 15. The number of carbonyl (C=O) groups excluding carboxylic acids is 3. The van der Waals surface area contributed by atoms with Crippen LogP contribution in [0.15, 0.2) is 24.3 Å². The number of hydrogen-bond donors (Lipinski definition) is 2. The number of unbranched alkanes of at least 4 members (excludes halogenated alkanes) is 3. The SMILES string of the molecule is CCCCCCN(C(=O)C(NC(=O)OC(C)(C)C)C(C)CC)C(C(=O)NC(C)CCC)c1ccccc1C. The van der Waals surface area contributed by atoms with E-state index in [1.165, 1.54) is 0 Å². The van der Waals surface area contributed by atoms with Gasteiger partial charge in [0.05, 0.1) is 0 Å². The van der Waals surface area contributed by atoms with Crippen molar-refractivity contribution >= 4 is 17.9 Å². The van der Waals surface area contributed by atoms with Crippen LogP contribution in [0.25, 0.3) is 0 Å². The molecule has 216 valence electrons. The van der Waals surface area contributed by atoms with E-state index < -0.39 is 23.8 Å². The van der Waals surface area contributed by atoms with E-state index in [9.17, 15) is 14.4 Å². The second-order valence-corrected chi connectivity index (χ2v) is 11.6. The molecule has 0 spiro atoms. The van der Waals surface area contributed by atoms with E-state index in [0.717, 1.165) is 49.7 Å². The van der Waals surface area contributed by atoms with Crippen LogP contribution in [0, 0.1) is 12.8 Å². The first-order chi connectivity index (χ1) is 17.9. The summed E-state index contributed by atoms with van der Waals surface area (Å²) in [5, 5.41) is 6.00. The van der Waals surface area contributed by atoms with Gasteiger partial charge in [-0.2, -0.15) is 0 Å². The van der Waals surface area contributed by atoms with Gasteiger partial charge in [0.1, 0.15) is 17.7 Å². The largest absolute Gasteiger partial charge is 0.444 e. The molecule has 7 nitrogen and oxygen atoms in total. The Kier molecular flexibility index (Phi) is 14.4. The topological polar surface area (TPSA) is 87.7 Å². The third-order valence-electron chi connectivity index (χ3n) is 6.84. The molecular weight excluding hydrogens is 478 g/mol. The maximum atomic E-state index is 14.3. The van der Waals surface area contributed by atoms with Gasteiger partial charge in [-0.25, -0.2) is 4.79 Å². The molecule has 0 aliphatic carbocycles. The van der Waals surface area contributed by atoms with Crippen molar-refractivity contribution in [1.82, 2.24) is 15.5 Å². The number of benzene rings is 1. The third kappa shape index (κ3) is 11.0. The van der Waals surface area contributed by atoms with Gasteiger partial charge in [-0.05, 0) is 64.5 Å². The molecular formula is C31H53N3O4. The molecule has 1 aromatic carbocycles. The molecule has 0 saturated carbocycles. The Bertz CT molecular complexity index is 880. The van der Waals surface area contributed by atoms with E-state index in [0.29, 0.717) is 13.0 Å². The first-order valence-electron chi connectivity index (χ1n) is 14.5. The molecule has 38 heavy (non-hydrogen) atoms. The fourth-order valence-electron chi connectivity index (χ4n) is 4.54. The van der Waals surface area contributed by atoms with Gasteiger partial charge in [-0.15, -0.1) is 0 Å². The smallest absolute Gasteiger partial charge is 0.408 e. The molecule has 1 aromatic rings. The summed E-state index contributed by atoms with van der Waals surface area (Å²) in [5.41, 5.74) is 1.06. The summed E-state index contributed by atoms with van der Waals surface area (Å²) < 4.78 is 5.50. The molecule has 0 aromatic heterocycles. The normalized spacial score (nSPS) is 14.7. The number of nitrogens with zero attached hydrogens (tertiary/aromatic N) is 1. The molecule has 4 atom stereocenters. The van der Waals surface area contributed by atoms with E-state index in [4.69, 9.17) is 4.74 Å². The summed E-state index contributed by atoms with van der Waals surface area (Å²) in [4.78, 5) is 42.7. The van der Waals surface area contributed by atoms with Crippen molar-refractivity contribution < 1.29 is 19.1 Å². The highest BCUT2D eigenvalue weighted by Gasteiger charge is 2.38. The predicted octanol–water partition coefficient (Wildman–Crippen LogP) is 6.69. The van der Waals surface area contributed by atoms with E-state index >= 15 is 0 Å². The molecule has 0 aliphatic rings. The summed E-state index contributed by atoms with van der Waals surface area (Å²) in [5.74, 6) is -0.592. The average molecular weight is 532 g/mol. The Balaban J connectivity index is 3.54. The van der Waals surface area contributed by atoms with Gasteiger partial charge in [0.25, 0.3) is 0 Å². The summed E-state index contributed by atoms with van der Waals surface area (Å²) in [6.45, 7) is 17.9. The summed E-state index contributed by atoms with van der Waals surface area (Å²) in [6, 6.07) is 6.12. The number of amides is 3. The number of hydrogen-bond acceptors (Lipinski definition) is 4. The maximum Gasteiger partial charge on any atom is 0.408 e. The third-order valence-corrected chi connectivity index (χ3v) is 6.84. The van der Waals surface area contributed by atoms with E-state index in [-0.39, 0.29) is 23.8 Å². The summed E-state index contributed by atoms with van der Waals surface area (Å²) >= 11 is 0. The molecule has 0 radical (unpaired) electrons. The molecule has 0 heterocycles. The van der Waals surface area contributed by atoms with Crippen molar-refractivity contribution in [2.24, 2.45) is 5.92 Å². The Labute approximate surface area is 231 Å². The number of ether oxygens (including phenoxy) is 1. The fourth-order valence-corrected chi connectivity index (χ4v) is 4.54. The van der Waals surface area contributed by atoms with E-state index in [1.54, 1.807) is 25.7 Å². The van der Waals surface area contributed by atoms with E-state index in [2.05, 4.69) is 24.5 Å². The predicted molar refractivity (Wildman–Crippen MR) is 155 cm³/mol. The number of aryl methyl sites for hydroxylation is 1. The van der Waals surface area contributed by atoms with Crippen molar-refractivity contribution in [1.29, 1.82) is 0 Å². The number of alkyl carbamates (subject to hydrolysis) is 1. The molecule has 0 bridgehead atoms. The second-order valence-electron chi connectivity index (χ2n) is 11.6. The van der Waals surface area contributed by atoms with Crippen molar-refractivity contribution in [3.05, 3.63) is 35.4 Å². The zero-order chi connectivity index (χ0) is 28.9. The number of carbonyl (C=O) groups is 3. The zero-order valence-electron chi connectivity index (χ0n) is 25.4. The van der Waals surface area contributed by atoms with Gasteiger partial charge in [-0.1, -0.05) is 84.1 Å². The number of nitrogens with one attached hydrogen (secondary N) is 2. The highest BCUT2D eigenvalue weighted by Crippen LogP contribution is 2.28. The van der Waals surface area contributed by atoms with Crippen molar-refractivity contribution in [2.75, 3.05) is 6.54 Å². The molecule has 2 N–H and O–H groups in total. The van der Waals surface area contributed by atoms with Gasteiger partial charge in [0, 0.05) is 12.6 Å². The summed E-state index contributed by atoms with van der Waals surface area (Å²) in [6.07, 6.45) is 5.72. The Hall–Kier alpha value is -2.57. The van der Waals surface area contributed by atoms with Crippen LogP contribution in [0.1, 0.15) is 118 Å². The fraction of sp³-hybridized carbons (Fsp3) is 0.710. The van der Waals surface area contributed by atoms with Crippen LogP contribution in [0.4, 0.5) is 4.79 Å².